The van der Waals surface area contributed by atoms with Gasteiger partial charge in [-0.25, -0.2) is 14.9 Å². The summed E-state index contributed by atoms with van der Waals surface area (Å²) in [6, 6.07) is 15.2. The summed E-state index contributed by atoms with van der Waals surface area (Å²) < 4.78 is 7.59. The standard InChI is InChI=1S/C27H31N7O2/c1-17-8-13-21-22(33(17)27(35)36-2)14-15-23-25(21)28-24(16-18-6-4-3-5-7-18)34(23)20-11-9-19(10-12-20)26-29-31-32-30-26/h3-7,14-15,17,19-20H,8-13,16H2,1-2H3,(H,29,30,31,32)/t17-,19-,20+/m0/s1. The number of carbonyl (C=O) groups excluding carboxylic acids is 1. The van der Waals surface area contributed by atoms with Crippen LogP contribution in [0.1, 0.15) is 73.8 Å². The summed E-state index contributed by atoms with van der Waals surface area (Å²) in [4.78, 5) is 19.7. The topological polar surface area (TPSA) is 102 Å². The van der Waals surface area contributed by atoms with Crippen molar-refractivity contribution in [2.75, 3.05) is 12.0 Å². The maximum atomic E-state index is 12.6. The number of nitrogens with zero attached hydrogens (tertiary/aromatic N) is 6. The number of anilines is 1. The predicted molar refractivity (Wildman–Crippen MR) is 136 cm³/mol. The number of tetrazole rings is 1. The highest BCUT2D eigenvalue weighted by Gasteiger charge is 2.33. The Kier molecular flexibility index (Phi) is 5.91. The molecule has 186 valence electrons. The quantitative estimate of drug-likeness (QED) is 0.439. The van der Waals surface area contributed by atoms with Crippen LogP contribution in [0.25, 0.3) is 11.0 Å². The first-order valence-electron chi connectivity index (χ1n) is 12.8. The molecule has 9 nitrogen and oxygen atoms in total. The number of aromatic nitrogens is 6. The average Bonchev–Trinajstić information content (AvgIpc) is 3.57. The number of H-pyrrole nitrogens is 1. The number of fused-ring (bicyclic) bond motifs is 3. The van der Waals surface area contributed by atoms with Crippen molar-refractivity contribution in [1.82, 2.24) is 30.2 Å². The van der Waals surface area contributed by atoms with Crippen LogP contribution in [0.5, 0.6) is 0 Å². The summed E-state index contributed by atoms with van der Waals surface area (Å²) >= 11 is 0. The molecule has 1 aliphatic heterocycles. The minimum atomic E-state index is -0.313. The molecule has 1 atom stereocenters. The fourth-order valence-corrected chi connectivity index (χ4v) is 6.08. The van der Waals surface area contributed by atoms with Crippen LogP contribution in [-0.2, 0) is 17.6 Å². The maximum Gasteiger partial charge on any atom is 0.414 e. The Morgan fingerprint density at radius 2 is 1.89 bits per heavy atom. The van der Waals surface area contributed by atoms with Gasteiger partial charge in [0, 0.05) is 30.0 Å². The van der Waals surface area contributed by atoms with Crippen molar-refractivity contribution in [3.05, 3.63) is 65.2 Å². The number of carbonyl (C=O) groups is 1. The molecule has 2 aromatic heterocycles. The molecule has 4 aromatic rings. The number of ether oxygens (including phenoxy) is 1. The minimum Gasteiger partial charge on any atom is -0.452 e. The van der Waals surface area contributed by atoms with E-state index in [1.165, 1.54) is 12.7 Å². The zero-order valence-corrected chi connectivity index (χ0v) is 20.7. The van der Waals surface area contributed by atoms with Crippen LogP contribution in [0.4, 0.5) is 10.5 Å². The molecule has 1 aliphatic carbocycles. The van der Waals surface area contributed by atoms with Crippen molar-refractivity contribution >= 4 is 22.8 Å². The van der Waals surface area contributed by atoms with Gasteiger partial charge < -0.3 is 9.30 Å². The molecule has 1 saturated carbocycles. The SMILES string of the molecule is COC(=O)N1c2ccc3c(nc(Cc4ccccc4)n3[C@H]3CC[C@@H](c4nnn[nH]4)CC3)c2CC[C@@H]1C. The van der Waals surface area contributed by atoms with Crippen molar-refractivity contribution in [2.24, 2.45) is 0 Å². The first-order chi connectivity index (χ1) is 17.6. The van der Waals surface area contributed by atoms with Gasteiger partial charge in [0.1, 0.15) is 5.82 Å². The second kappa shape index (κ2) is 9.37. The summed E-state index contributed by atoms with van der Waals surface area (Å²) in [5.74, 6) is 2.34. The Labute approximate surface area is 209 Å². The molecule has 0 spiro atoms. The fourth-order valence-electron chi connectivity index (χ4n) is 6.08. The van der Waals surface area contributed by atoms with Crippen LogP contribution in [0.2, 0.25) is 0 Å². The van der Waals surface area contributed by atoms with E-state index in [9.17, 15) is 4.79 Å². The van der Waals surface area contributed by atoms with Crippen LogP contribution in [0.3, 0.4) is 0 Å². The van der Waals surface area contributed by atoms with Gasteiger partial charge in [0.25, 0.3) is 0 Å². The smallest absolute Gasteiger partial charge is 0.414 e. The van der Waals surface area contributed by atoms with E-state index in [-0.39, 0.29) is 12.1 Å². The second-order valence-corrected chi connectivity index (χ2v) is 10.0. The predicted octanol–water partition coefficient (Wildman–Crippen LogP) is 4.95. The maximum absolute atomic E-state index is 12.6. The van der Waals surface area contributed by atoms with Crippen molar-refractivity contribution in [1.29, 1.82) is 0 Å². The van der Waals surface area contributed by atoms with E-state index in [0.29, 0.717) is 12.0 Å². The molecule has 1 amide bonds. The number of amides is 1. The first kappa shape index (κ1) is 22.7. The molecule has 36 heavy (non-hydrogen) atoms. The van der Waals surface area contributed by atoms with Gasteiger partial charge in [0.2, 0.25) is 0 Å². The van der Waals surface area contributed by atoms with Gasteiger partial charge in [-0.15, -0.1) is 5.10 Å². The van der Waals surface area contributed by atoms with E-state index in [1.807, 2.05) is 6.07 Å². The number of rotatable bonds is 4. The lowest BCUT2D eigenvalue weighted by molar-refractivity contribution is 0.175. The molecule has 9 heteroatoms. The summed E-state index contributed by atoms with van der Waals surface area (Å²) in [5.41, 5.74) is 5.48. The highest BCUT2D eigenvalue weighted by molar-refractivity contribution is 5.95. The number of nitrogens with one attached hydrogen (secondary N) is 1. The third-order valence-corrected chi connectivity index (χ3v) is 7.91. The number of aryl methyl sites for hydroxylation is 1. The molecule has 3 heterocycles. The number of imidazole rings is 1. The van der Waals surface area contributed by atoms with E-state index in [4.69, 9.17) is 9.72 Å². The Hall–Kier alpha value is -3.75. The van der Waals surface area contributed by atoms with Crippen molar-refractivity contribution in [3.8, 4) is 0 Å². The molecule has 0 unspecified atom stereocenters. The van der Waals surface area contributed by atoms with Crippen LogP contribution in [-0.4, -0.2) is 49.4 Å². The third kappa shape index (κ3) is 3.92. The summed E-state index contributed by atoms with van der Waals surface area (Å²) in [6.45, 7) is 2.08. The monoisotopic (exact) mass is 485 g/mol. The van der Waals surface area contributed by atoms with Gasteiger partial charge in [0.15, 0.2) is 5.82 Å². The molecule has 2 aromatic carbocycles. The van der Waals surface area contributed by atoms with E-state index < -0.39 is 0 Å². The summed E-state index contributed by atoms with van der Waals surface area (Å²) in [6.07, 6.45) is 6.39. The molecule has 0 radical (unpaired) electrons. The lowest BCUT2D eigenvalue weighted by atomic mass is 9.85. The Bertz CT molecular complexity index is 1360. The van der Waals surface area contributed by atoms with Gasteiger partial charge in [-0.3, -0.25) is 4.90 Å². The molecule has 1 N–H and O–H groups in total. The Balaban J connectivity index is 1.42. The van der Waals surface area contributed by atoms with Gasteiger partial charge in [0.05, 0.1) is 23.8 Å². The molecule has 0 saturated heterocycles. The lowest BCUT2D eigenvalue weighted by Gasteiger charge is -2.34. The zero-order chi connectivity index (χ0) is 24.6. The number of hydrogen-bond donors (Lipinski definition) is 1. The Morgan fingerprint density at radius 3 is 2.61 bits per heavy atom. The Morgan fingerprint density at radius 1 is 1.08 bits per heavy atom. The van der Waals surface area contributed by atoms with E-state index in [0.717, 1.165) is 78.9 Å². The normalized spacial score (nSPS) is 21.9. The highest BCUT2D eigenvalue weighted by atomic mass is 16.5. The number of aromatic amines is 1. The molecule has 1 fully saturated rings. The van der Waals surface area contributed by atoms with Crippen LogP contribution in [0, 0.1) is 0 Å². The third-order valence-electron chi connectivity index (χ3n) is 7.91. The molecule has 0 bridgehead atoms. The van der Waals surface area contributed by atoms with Crippen LogP contribution >= 0.6 is 0 Å². The van der Waals surface area contributed by atoms with Crippen molar-refractivity contribution in [2.45, 2.75) is 69.9 Å². The van der Waals surface area contributed by atoms with Crippen molar-refractivity contribution < 1.29 is 9.53 Å². The number of benzene rings is 2. The number of hydrogen-bond acceptors (Lipinski definition) is 6. The van der Waals surface area contributed by atoms with Gasteiger partial charge in [-0.05, 0) is 73.6 Å². The molecule has 2 aliphatic rings. The van der Waals surface area contributed by atoms with E-state index in [1.54, 1.807) is 4.90 Å². The second-order valence-electron chi connectivity index (χ2n) is 10.0. The van der Waals surface area contributed by atoms with Crippen molar-refractivity contribution in [3.63, 3.8) is 0 Å². The number of methoxy groups -OCH3 is 1. The molecular formula is C27H31N7O2. The minimum absolute atomic E-state index is 0.0918. The first-order valence-corrected chi connectivity index (χ1v) is 12.8. The van der Waals surface area contributed by atoms with Crippen LogP contribution < -0.4 is 4.90 Å². The molecule has 6 rings (SSSR count). The fraction of sp³-hybridized carbons (Fsp3) is 0.444. The van der Waals surface area contributed by atoms with Gasteiger partial charge >= 0.3 is 6.09 Å². The van der Waals surface area contributed by atoms with Crippen LogP contribution in [0.15, 0.2) is 42.5 Å². The highest BCUT2D eigenvalue weighted by Crippen LogP contribution is 2.42. The van der Waals surface area contributed by atoms with Gasteiger partial charge in [-0.2, -0.15) is 0 Å². The summed E-state index contributed by atoms with van der Waals surface area (Å²) in [7, 11) is 1.44. The average molecular weight is 486 g/mol. The molecular weight excluding hydrogens is 454 g/mol. The van der Waals surface area contributed by atoms with Gasteiger partial charge in [-0.1, -0.05) is 30.3 Å². The largest absolute Gasteiger partial charge is 0.452 e. The van der Waals surface area contributed by atoms with E-state index >= 15 is 0 Å². The zero-order valence-electron chi connectivity index (χ0n) is 20.7. The lowest BCUT2D eigenvalue weighted by Crippen LogP contribution is -2.42. The van der Waals surface area contributed by atoms with E-state index in [2.05, 4.69) is 68.5 Å². The summed E-state index contributed by atoms with van der Waals surface area (Å²) in [5, 5.41) is 14.6.